The molecule has 0 saturated heterocycles. The summed E-state index contributed by atoms with van der Waals surface area (Å²) in [6.07, 6.45) is 4.88. The maximum atomic E-state index is 13.0. The molecule has 0 amide bonds. The molecular formula is C18H16FN5O2. The number of halogens is 1. The molecule has 1 aromatic carbocycles. The van der Waals surface area contributed by atoms with Gasteiger partial charge in [0.15, 0.2) is 5.69 Å². The standard InChI is InChI=1S/C18H16FN5O2/c1-11-14(4-3-9-20)24(2)23-16(17(11)25)18-22-21-15(26-18)10-12-5-7-13(19)8-6-12/h3-9H,1,10,20H2,2H3/b9-3-,14-4+. The third-order valence-corrected chi connectivity index (χ3v) is 3.70. The lowest BCUT2D eigenvalue weighted by atomic mass is 10.1. The first-order valence-corrected chi connectivity index (χ1v) is 7.71. The predicted molar refractivity (Wildman–Crippen MR) is 94.5 cm³/mol. The first-order chi connectivity index (χ1) is 12.5. The van der Waals surface area contributed by atoms with E-state index < -0.39 is 5.43 Å². The number of nitrogens with zero attached hydrogens (tertiary/aromatic N) is 4. The minimum Gasteiger partial charge on any atom is -0.419 e. The number of hydrogen-bond acceptors (Lipinski definition) is 6. The van der Waals surface area contributed by atoms with Crippen molar-refractivity contribution in [3.63, 3.8) is 0 Å². The lowest BCUT2D eigenvalue weighted by Crippen LogP contribution is -2.45. The molecule has 2 aromatic heterocycles. The number of rotatable bonds is 4. The van der Waals surface area contributed by atoms with Crippen molar-refractivity contribution in [1.82, 2.24) is 20.0 Å². The van der Waals surface area contributed by atoms with Crippen molar-refractivity contribution in [2.75, 3.05) is 0 Å². The van der Waals surface area contributed by atoms with Crippen LogP contribution in [0.4, 0.5) is 4.39 Å². The van der Waals surface area contributed by atoms with Gasteiger partial charge in [-0.1, -0.05) is 18.7 Å². The molecule has 0 bridgehead atoms. The van der Waals surface area contributed by atoms with Gasteiger partial charge in [0.2, 0.25) is 11.3 Å². The number of aryl methyl sites for hydroxylation is 1. The number of benzene rings is 1. The zero-order valence-electron chi connectivity index (χ0n) is 14.0. The molecule has 0 spiro atoms. The third-order valence-electron chi connectivity index (χ3n) is 3.70. The highest BCUT2D eigenvalue weighted by molar-refractivity contribution is 5.46. The third kappa shape index (κ3) is 3.44. The van der Waals surface area contributed by atoms with Gasteiger partial charge in [0, 0.05) is 12.3 Å². The van der Waals surface area contributed by atoms with E-state index in [0.29, 0.717) is 17.7 Å². The van der Waals surface area contributed by atoms with Gasteiger partial charge in [0.05, 0.1) is 11.8 Å². The van der Waals surface area contributed by atoms with Crippen LogP contribution in [-0.2, 0) is 13.5 Å². The second kappa shape index (κ2) is 7.14. The lowest BCUT2D eigenvalue weighted by molar-refractivity contribution is 0.512. The quantitative estimate of drug-likeness (QED) is 0.720. The van der Waals surface area contributed by atoms with Crippen molar-refractivity contribution in [2.45, 2.75) is 6.42 Å². The molecule has 0 radical (unpaired) electrons. The Morgan fingerprint density at radius 3 is 2.73 bits per heavy atom. The number of hydrogen-bond donors (Lipinski definition) is 1. The molecule has 3 rings (SSSR count). The maximum Gasteiger partial charge on any atom is 0.272 e. The Hall–Kier alpha value is -3.55. The van der Waals surface area contributed by atoms with E-state index in [1.807, 2.05) is 0 Å². The Morgan fingerprint density at radius 2 is 2.04 bits per heavy atom. The molecule has 0 aliphatic carbocycles. The van der Waals surface area contributed by atoms with Gasteiger partial charge >= 0.3 is 0 Å². The summed E-state index contributed by atoms with van der Waals surface area (Å²) in [6, 6.07) is 5.95. The van der Waals surface area contributed by atoms with Crippen LogP contribution >= 0.6 is 0 Å². The van der Waals surface area contributed by atoms with Gasteiger partial charge in [0.25, 0.3) is 5.89 Å². The van der Waals surface area contributed by atoms with Gasteiger partial charge < -0.3 is 10.2 Å². The zero-order chi connectivity index (χ0) is 18.7. The Kier molecular flexibility index (Phi) is 4.74. The molecule has 132 valence electrons. The molecule has 7 nitrogen and oxygen atoms in total. The average Bonchev–Trinajstić information content (AvgIpc) is 3.08. The van der Waals surface area contributed by atoms with Crippen LogP contribution in [0.5, 0.6) is 0 Å². The largest absolute Gasteiger partial charge is 0.419 e. The molecule has 2 N–H and O–H groups in total. The summed E-state index contributed by atoms with van der Waals surface area (Å²) < 4.78 is 20.0. The maximum absolute atomic E-state index is 13.0. The predicted octanol–water partition coefficient (Wildman–Crippen LogP) is 0.223. The molecule has 0 atom stereocenters. The van der Waals surface area contributed by atoms with Crippen molar-refractivity contribution in [2.24, 2.45) is 12.8 Å². The normalized spacial score (nSPS) is 12.2. The first kappa shape index (κ1) is 17.3. The highest BCUT2D eigenvalue weighted by Gasteiger charge is 2.16. The minimum absolute atomic E-state index is 0.00790. The van der Waals surface area contributed by atoms with Crippen LogP contribution in [0.2, 0.25) is 0 Å². The van der Waals surface area contributed by atoms with Crippen LogP contribution in [0.1, 0.15) is 11.5 Å². The van der Waals surface area contributed by atoms with Crippen molar-refractivity contribution >= 4 is 12.7 Å². The molecule has 0 fully saturated rings. The van der Waals surface area contributed by atoms with Crippen molar-refractivity contribution < 1.29 is 8.81 Å². The Balaban J connectivity index is 1.98. The zero-order valence-corrected chi connectivity index (χ0v) is 14.0. The highest BCUT2D eigenvalue weighted by Crippen LogP contribution is 2.13. The molecule has 2 heterocycles. The molecular weight excluding hydrogens is 337 g/mol. The summed E-state index contributed by atoms with van der Waals surface area (Å²) in [5.41, 5.74) is 5.73. The Bertz CT molecular complexity index is 1130. The second-order valence-electron chi connectivity index (χ2n) is 5.52. The van der Waals surface area contributed by atoms with E-state index in [1.165, 1.54) is 23.0 Å². The summed E-state index contributed by atoms with van der Waals surface area (Å²) in [7, 11) is 1.67. The van der Waals surface area contributed by atoms with Crippen LogP contribution < -0.4 is 21.7 Å². The van der Waals surface area contributed by atoms with Gasteiger partial charge in [-0.2, -0.15) is 5.10 Å². The second-order valence-corrected chi connectivity index (χ2v) is 5.52. The topological polar surface area (TPSA) is 99.8 Å². The van der Waals surface area contributed by atoms with Crippen LogP contribution in [0.15, 0.2) is 45.8 Å². The smallest absolute Gasteiger partial charge is 0.272 e. The van der Waals surface area contributed by atoms with Gasteiger partial charge in [-0.25, -0.2) is 4.39 Å². The fourth-order valence-electron chi connectivity index (χ4n) is 2.40. The molecule has 8 heteroatoms. The molecule has 0 aliphatic rings. The fourth-order valence-corrected chi connectivity index (χ4v) is 2.40. The lowest BCUT2D eigenvalue weighted by Gasteiger charge is -2.01. The van der Waals surface area contributed by atoms with Gasteiger partial charge in [-0.05, 0) is 36.0 Å². The molecule has 3 aromatic rings. The van der Waals surface area contributed by atoms with Crippen LogP contribution in [0.25, 0.3) is 24.2 Å². The number of allylic oxidation sites excluding steroid dienone is 1. The van der Waals surface area contributed by atoms with Crippen molar-refractivity contribution in [3.8, 4) is 11.6 Å². The van der Waals surface area contributed by atoms with Gasteiger partial charge in [0.1, 0.15) is 5.82 Å². The Morgan fingerprint density at radius 1 is 1.31 bits per heavy atom. The SMILES string of the molecule is C=c1c(=O)c(-c2nnc(Cc3ccc(F)cc3)o2)nn(C)/c1=C/C=C\N. The minimum atomic E-state index is -0.406. The van der Waals surface area contributed by atoms with Crippen LogP contribution in [0.3, 0.4) is 0 Å². The van der Waals surface area contributed by atoms with E-state index in [9.17, 15) is 9.18 Å². The Labute approximate surface area is 147 Å². The van der Waals surface area contributed by atoms with Crippen LogP contribution in [0, 0.1) is 5.82 Å². The van der Waals surface area contributed by atoms with Gasteiger partial charge in [-0.15, -0.1) is 10.2 Å². The summed E-state index contributed by atoms with van der Waals surface area (Å²) in [5.74, 6) is -0.0201. The summed E-state index contributed by atoms with van der Waals surface area (Å²) in [5, 5.41) is 12.8. The fraction of sp³-hybridized carbons (Fsp3) is 0.111. The van der Waals surface area contributed by atoms with E-state index in [-0.39, 0.29) is 22.6 Å². The van der Waals surface area contributed by atoms with E-state index in [1.54, 1.807) is 31.3 Å². The van der Waals surface area contributed by atoms with Crippen molar-refractivity contribution in [3.05, 3.63) is 74.6 Å². The summed E-state index contributed by atoms with van der Waals surface area (Å²) in [6.45, 7) is 3.80. The number of aromatic nitrogens is 4. The summed E-state index contributed by atoms with van der Waals surface area (Å²) >= 11 is 0. The van der Waals surface area contributed by atoms with Crippen LogP contribution in [-0.4, -0.2) is 20.0 Å². The number of nitrogens with two attached hydrogens (primary N) is 1. The molecule has 0 saturated carbocycles. The molecule has 0 aliphatic heterocycles. The first-order valence-electron chi connectivity index (χ1n) is 7.71. The summed E-state index contributed by atoms with van der Waals surface area (Å²) in [4.78, 5) is 12.5. The monoisotopic (exact) mass is 353 g/mol. The average molecular weight is 353 g/mol. The van der Waals surface area contributed by atoms with Gasteiger partial charge in [-0.3, -0.25) is 9.48 Å². The highest BCUT2D eigenvalue weighted by atomic mass is 19.1. The molecule has 0 unspecified atom stereocenters. The van der Waals surface area contributed by atoms with E-state index in [2.05, 4.69) is 21.9 Å². The molecule has 26 heavy (non-hydrogen) atoms. The van der Waals surface area contributed by atoms with E-state index >= 15 is 0 Å². The van der Waals surface area contributed by atoms with E-state index in [0.717, 1.165) is 5.56 Å². The van der Waals surface area contributed by atoms with E-state index in [4.69, 9.17) is 10.2 Å². The van der Waals surface area contributed by atoms with Crippen molar-refractivity contribution in [1.29, 1.82) is 0 Å².